The van der Waals surface area contributed by atoms with Gasteiger partial charge in [-0.2, -0.15) is 0 Å². The highest BCUT2D eigenvalue weighted by molar-refractivity contribution is 9.10. The van der Waals surface area contributed by atoms with E-state index in [0.717, 1.165) is 23.5 Å². The second-order valence-corrected chi connectivity index (χ2v) is 7.17. The zero-order valence-electron chi connectivity index (χ0n) is 11.9. The highest BCUT2D eigenvalue weighted by atomic mass is 79.9. The van der Waals surface area contributed by atoms with E-state index in [2.05, 4.69) is 27.8 Å². The molecule has 0 radical (unpaired) electrons. The summed E-state index contributed by atoms with van der Waals surface area (Å²) in [7, 11) is 0. The van der Waals surface area contributed by atoms with Crippen molar-refractivity contribution in [2.45, 2.75) is 38.3 Å². The normalized spacial score (nSPS) is 32.1. The van der Waals surface area contributed by atoms with Crippen molar-refractivity contribution >= 4 is 15.9 Å². The molecule has 0 spiro atoms. The molecule has 1 saturated carbocycles. The van der Waals surface area contributed by atoms with Gasteiger partial charge in [0.25, 0.3) is 0 Å². The van der Waals surface area contributed by atoms with E-state index in [9.17, 15) is 4.39 Å². The first-order valence-electron chi connectivity index (χ1n) is 7.51. The third-order valence-electron chi connectivity index (χ3n) is 5.14. The topological polar surface area (TPSA) is 29.3 Å². The largest absolute Gasteiger partial charge is 0.327 e. The maximum atomic E-state index is 13.2. The van der Waals surface area contributed by atoms with E-state index in [4.69, 9.17) is 5.73 Å². The Kier molecular flexibility index (Phi) is 4.16. The fraction of sp³-hybridized carbons (Fsp3) is 0.625. The third kappa shape index (κ3) is 2.66. The van der Waals surface area contributed by atoms with Gasteiger partial charge >= 0.3 is 0 Å². The predicted octanol–water partition coefficient (Wildman–Crippen LogP) is 3.71. The van der Waals surface area contributed by atoms with Crippen LogP contribution in [0.25, 0.3) is 0 Å². The van der Waals surface area contributed by atoms with E-state index in [0.29, 0.717) is 18.0 Å². The monoisotopic (exact) mass is 340 g/mol. The number of hydrogen-bond acceptors (Lipinski definition) is 2. The van der Waals surface area contributed by atoms with Gasteiger partial charge in [0.15, 0.2) is 0 Å². The maximum Gasteiger partial charge on any atom is 0.124 e. The Bertz CT molecular complexity index is 493. The molecule has 2 nitrogen and oxygen atoms in total. The van der Waals surface area contributed by atoms with Gasteiger partial charge in [0.1, 0.15) is 5.82 Å². The molecular weight excluding hydrogens is 319 g/mol. The zero-order chi connectivity index (χ0) is 14.3. The molecule has 1 saturated heterocycles. The molecular formula is C16H22BrFN2. The second-order valence-electron chi connectivity index (χ2n) is 6.31. The average molecular weight is 341 g/mol. The Morgan fingerprint density at radius 1 is 1.35 bits per heavy atom. The van der Waals surface area contributed by atoms with Crippen LogP contribution in [0.15, 0.2) is 22.7 Å². The SMILES string of the molecule is CC(c1ccc(F)cc1Br)N1CC2CCCC(N)C2C1. The summed E-state index contributed by atoms with van der Waals surface area (Å²) in [6, 6.07) is 5.67. The average Bonchev–Trinajstić information content (AvgIpc) is 2.83. The van der Waals surface area contributed by atoms with E-state index in [1.165, 1.54) is 24.8 Å². The molecule has 1 heterocycles. The van der Waals surface area contributed by atoms with Gasteiger partial charge in [-0.05, 0) is 49.3 Å². The molecule has 2 N–H and O–H groups in total. The Morgan fingerprint density at radius 2 is 2.15 bits per heavy atom. The minimum atomic E-state index is -0.190. The third-order valence-corrected chi connectivity index (χ3v) is 5.83. The lowest BCUT2D eigenvalue weighted by molar-refractivity contribution is 0.244. The summed E-state index contributed by atoms with van der Waals surface area (Å²) in [5, 5.41) is 0. The van der Waals surface area contributed by atoms with Crippen molar-refractivity contribution in [2.24, 2.45) is 17.6 Å². The number of benzene rings is 1. The van der Waals surface area contributed by atoms with Crippen LogP contribution in [0.4, 0.5) is 4.39 Å². The summed E-state index contributed by atoms with van der Waals surface area (Å²) < 4.78 is 14.1. The summed E-state index contributed by atoms with van der Waals surface area (Å²) >= 11 is 3.49. The summed E-state index contributed by atoms with van der Waals surface area (Å²) in [6.07, 6.45) is 3.75. The number of halogens is 2. The van der Waals surface area contributed by atoms with Crippen molar-refractivity contribution in [1.82, 2.24) is 4.90 Å². The molecule has 1 aliphatic carbocycles. The Labute approximate surface area is 128 Å². The number of nitrogens with zero attached hydrogens (tertiary/aromatic N) is 1. The van der Waals surface area contributed by atoms with Crippen LogP contribution in [-0.4, -0.2) is 24.0 Å². The number of nitrogens with two attached hydrogens (primary N) is 1. The number of likely N-dealkylation sites (tertiary alicyclic amines) is 1. The lowest BCUT2D eigenvalue weighted by Crippen LogP contribution is -2.38. The fourth-order valence-electron chi connectivity index (χ4n) is 3.90. The summed E-state index contributed by atoms with van der Waals surface area (Å²) in [6.45, 7) is 4.42. The van der Waals surface area contributed by atoms with Gasteiger partial charge in [-0.15, -0.1) is 0 Å². The molecule has 1 aliphatic heterocycles. The first-order chi connectivity index (χ1) is 9.56. The molecule has 2 fully saturated rings. The van der Waals surface area contributed by atoms with E-state index in [1.54, 1.807) is 12.1 Å². The maximum absolute atomic E-state index is 13.2. The minimum Gasteiger partial charge on any atom is -0.327 e. The molecule has 4 heteroatoms. The molecule has 3 rings (SSSR count). The number of fused-ring (bicyclic) bond motifs is 1. The van der Waals surface area contributed by atoms with Crippen molar-refractivity contribution in [2.75, 3.05) is 13.1 Å². The standard InChI is InChI=1S/C16H22BrFN2/c1-10(13-6-5-12(18)7-15(13)17)20-8-11-3-2-4-16(19)14(11)9-20/h5-7,10-11,14,16H,2-4,8-9,19H2,1H3. The van der Waals surface area contributed by atoms with Crippen molar-refractivity contribution in [1.29, 1.82) is 0 Å². The van der Waals surface area contributed by atoms with Gasteiger partial charge in [0, 0.05) is 29.6 Å². The van der Waals surface area contributed by atoms with Gasteiger partial charge in [-0.3, -0.25) is 4.90 Å². The Hall–Kier alpha value is -0.450. The molecule has 4 atom stereocenters. The van der Waals surface area contributed by atoms with Crippen LogP contribution in [0.5, 0.6) is 0 Å². The van der Waals surface area contributed by atoms with Crippen LogP contribution in [0.3, 0.4) is 0 Å². The Balaban J connectivity index is 1.76. The van der Waals surface area contributed by atoms with Crippen LogP contribution < -0.4 is 5.73 Å². The van der Waals surface area contributed by atoms with Crippen LogP contribution >= 0.6 is 15.9 Å². The molecule has 110 valence electrons. The van der Waals surface area contributed by atoms with Crippen LogP contribution in [0, 0.1) is 17.7 Å². The molecule has 1 aromatic carbocycles. The minimum absolute atomic E-state index is 0.190. The molecule has 0 aromatic heterocycles. The summed E-state index contributed by atoms with van der Waals surface area (Å²) in [5.41, 5.74) is 7.45. The van der Waals surface area contributed by atoms with Gasteiger partial charge in [-0.25, -0.2) is 4.39 Å². The molecule has 2 aliphatic rings. The summed E-state index contributed by atoms with van der Waals surface area (Å²) in [4.78, 5) is 2.51. The van der Waals surface area contributed by atoms with Crippen LogP contribution in [0.1, 0.15) is 37.8 Å². The molecule has 0 bridgehead atoms. The lowest BCUT2D eigenvalue weighted by Gasteiger charge is -2.30. The van der Waals surface area contributed by atoms with Crippen molar-refractivity contribution in [3.8, 4) is 0 Å². The number of rotatable bonds is 2. The van der Waals surface area contributed by atoms with Crippen molar-refractivity contribution < 1.29 is 4.39 Å². The van der Waals surface area contributed by atoms with Gasteiger partial charge < -0.3 is 5.73 Å². The van der Waals surface area contributed by atoms with Crippen LogP contribution in [-0.2, 0) is 0 Å². The highest BCUT2D eigenvalue weighted by Gasteiger charge is 2.40. The quantitative estimate of drug-likeness (QED) is 0.889. The first kappa shape index (κ1) is 14.5. The smallest absolute Gasteiger partial charge is 0.124 e. The first-order valence-corrected chi connectivity index (χ1v) is 8.30. The summed E-state index contributed by atoms with van der Waals surface area (Å²) in [5.74, 6) is 1.20. The molecule has 0 amide bonds. The zero-order valence-corrected chi connectivity index (χ0v) is 13.4. The lowest BCUT2D eigenvalue weighted by atomic mass is 9.78. The predicted molar refractivity (Wildman–Crippen MR) is 82.9 cm³/mol. The fourth-order valence-corrected chi connectivity index (χ4v) is 4.59. The van der Waals surface area contributed by atoms with Gasteiger partial charge in [0.05, 0.1) is 0 Å². The van der Waals surface area contributed by atoms with Gasteiger partial charge in [-0.1, -0.05) is 28.4 Å². The highest BCUT2D eigenvalue weighted by Crippen LogP contribution is 2.40. The van der Waals surface area contributed by atoms with Gasteiger partial charge in [0.2, 0.25) is 0 Å². The Morgan fingerprint density at radius 3 is 2.85 bits per heavy atom. The van der Waals surface area contributed by atoms with E-state index >= 15 is 0 Å². The molecule has 4 unspecified atom stereocenters. The van der Waals surface area contributed by atoms with Crippen molar-refractivity contribution in [3.05, 3.63) is 34.1 Å². The molecule has 1 aromatic rings. The van der Waals surface area contributed by atoms with Crippen molar-refractivity contribution in [3.63, 3.8) is 0 Å². The van der Waals surface area contributed by atoms with E-state index in [1.807, 2.05) is 6.07 Å². The van der Waals surface area contributed by atoms with E-state index < -0.39 is 0 Å². The second kappa shape index (κ2) is 5.74. The molecule has 20 heavy (non-hydrogen) atoms. The number of hydrogen-bond donors (Lipinski definition) is 1. The van der Waals surface area contributed by atoms with E-state index in [-0.39, 0.29) is 5.82 Å². The van der Waals surface area contributed by atoms with Crippen LogP contribution in [0.2, 0.25) is 0 Å².